The number of amides is 2. The molecular formula is C20H24N2O5S. The molecule has 0 spiro atoms. The lowest BCUT2D eigenvalue weighted by Gasteiger charge is -2.11. The first kappa shape index (κ1) is 21.4. The fourth-order valence-electron chi connectivity index (χ4n) is 2.28. The van der Waals surface area contributed by atoms with Crippen molar-refractivity contribution in [3.8, 4) is 5.75 Å². The maximum absolute atomic E-state index is 12.2. The molecule has 0 unspecified atom stereocenters. The maximum Gasteiger partial charge on any atom is 0.269 e. The van der Waals surface area contributed by atoms with Crippen molar-refractivity contribution in [2.24, 2.45) is 0 Å². The highest BCUT2D eigenvalue weighted by atomic mass is 32.2. The van der Waals surface area contributed by atoms with Crippen LogP contribution in [0.15, 0.2) is 53.4 Å². The van der Waals surface area contributed by atoms with Crippen LogP contribution in [0.25, 0.3) is 0 Å². The molecule has 0 radical (unpaired) electrons. The van der Waals surface area contributed by atoms with Crippen LogP contribution in [-0.4, -0.2) is 31.6 Å². The summed E-state index contributed by atoms with van der Waals surface area (Å²) in [6, 6.07) is 12.1. The van der Waals surface area contributed by atoms with E-state index in [1.54, 1.807) is 38.1 Å². The Hall–Kier alpha value is -2.87. The molecule has 0 saturated heterocycles. The zero-order chi connectivity index (χ0) is 20.9. The smallest absolute Gasteiger partial charge is 0.269 e. The quantitative estimate of drug-likeness (QED) is 0.721. The Morgan fingerprint density at radius 2 is 1.21 bits per heavy atom. The van der Waals surface area contributed by atoms with E-state index in [4.69, 9.17) is 4.74 Å². The van der Waals surface area contributed by atoms with Gasteiger partial charge in [0, 0.05) is 11.1 Å². The fraction of sp³-hybridized carbons (Fsp3) is 0.300. The van der Waals surface area contributed by atoms with Gasteiger partial charge in [-0.2, -0.15) is 0 Å². The van der Waals surface area contributed by atoms with Crippen molar-refractivity contribution >= 4 is 21.7 Å². The average Bonchev–Trinajstić information content (AvgIpc) is 2.66. The van der Waals surface area contributed by atoms with E-state index in [1.807, 2.05) is 13.8 Å². The molecule has 8 heteroatoms. The van der Waals surface area contributed by atoms with Crippen LogP contribution >= 0.6 is 0 Å². The van der Waals surface area contributed by atoms with Crippen LogP contribution in [0.3, 0.4) is 0 Å². The van der Waals surface area contributed by atoms with Gasteiger partial charge in [-0.25, -0.2) is 8.42 Å². The summed E-state index contributed by atoms with van der Waals surface area (Å²) in [6.45, 7) is 6.99. The van der Waals surface area contributed by atoms with Gasteiger partial charge in [-0.1, -0.05) is 0 Å². The molecule has 2 aromatic carbocycles. The molecule has 0 aromatic heterocycles. The van der Waals surface area contributed by atoms with Gasteiger partial charge in [0.1, 0.15) is 5.75 Å². The number of hydrazine groups is 1. The second-order valence-electron chi connectivity index (χ2n) is 6.72. The van der Waals surface area contributed by atoms with E-state index in [0.717, 1.165) is 0 Å². The molecule has 2 N–H and O–H groups in total. The van der Waals surface area contributed by atoms with Crippen molar-refractivity contribution in [1.82, 2.24) is 10.9 Å². The third-order valence-corrected chi connectivity index (χ3v) is 6.01. The summed E-state index contributed by atoms with van der Waals surface area (Å²) in [5.41, 5.74) is 5.21. The van der Waals surface area contributed by atoms with Crippen LogP contribution in [0, 0.1) is 0 Å². The van der Waals surface area contributed by atoms with Crippen LogP contribution in [0.4, 0.5) is 0 Å². The zero-order valence-electron chi connectivity index (χ0n) is 16.2. The Labute approximate surface area is 165 Å². The van der Waals surface area contributed by atoms with Crippen LogP contribution in [0.1, 0.15) is 48.4 Å². The standard InChI is InChI=1S/C20H24N2O5S/c1-13(2)27-17-9-5-15(6-10-17)19(23)21-22-20(24)16-7-11-18(12-8-16)28(25,26)14(3)4/h5-14H,1-4H3,(H,21,23)(H,22,24). The summed E-state index contributed by atoms with van der Waals surface area (Å²) in [5, 5.41) is -0.552. The van der Waals surface area contributed by atoms with Gasteiger partial charge in [0.25, 0.3) is 11.8 Å². The average molecular weight is 404 g/mol. The van der Waals surface area contributed by atoms with Gasteiger partial charge in [0.2, 0.25) is 0 Å². The first-order chi connectivity index (χ1) is 13.1. The fourth-order valence-corrected chi connectivity index (χ4v) is 3.34. The molecule has 0 aliphatic heterocycles. The van der Waals surface area contributed by atoms with E-state index < -0.39 is 26.9 Å². The van der Waals surface area contributed by atoms with E-state index >= 15 is 0 Å². The summed E-state index contributed by atoms with van der Waals surface area (Å²) < 4.78 is 29.7. The molecule has 0 saturated carbocycles. The molecule has 2 amide bonds. The normalized spacial score (nSPS) is 11.4. The minimum Gasteiger partial charge on any atom is -0.491 e. The second kappa shape index (κ2) is 8.88. The van der Waals surface area contributed by atoms with E-state index in [1.165, 1.54) is 24.3 Å². The highest BCUT2D eigenvalue weighted by Gasteiger charge is 2.19. The highest BCUT2D eigenvalue weighted by Crippen LogP contribution is 2.16. The van der Waals surface area contributed by atoms with Crippen molar-refractivity contribution < 1.29 is 22.7 Å². The predicted molar refractivity (Wildman–Crippen MR) is 106 cm³/mol. The SMILES string of the molecule is CC(C)Oc1ccc(C(=O)NNC(=O)c2ccc(S(=O)(=O)C(C)C)cc2)cc1. The van der Waals surface area contributed by atoms with Crippen LogP contribution in [0.5, 0.6) is 5.75 Å². The number of sulfone groups is 1. The largest absolute Gasteiger partial charge is 0.491 e. The number of rotatable bonds is 6. The van der Waals surface area contributed by atoms with E-state index in [2.05, 4.69) is 10.9 Å². The zero-order valence-corrected chi connectivity index (χ0v) is 17.0. The number of hydrogen-bond donors (Lipinski definition) is 2. The Morgan fingerprint density at radius 3 is 1.61 bits per heavy atom. The van der Waals surface area contributed by atoms with Crippen molar-refractivity contribution in [3.05, 3.63) is 59.7 Å². The molecule has 0 aliphatic rings. The minimum absolute atomic E-state index is 0.0286. The first-order valence-electron chi connectivity index (χ1n) is 8.82. The van der Waals surface area contributed by atoms with Crippen molar-refractivity contribution in [3.63, 3.8) is 0 Å². The van der Waals surface area contributed by atoms with Crippen molar-refractivity contribution in [2.45, 2.75) is 43.9 Å². The Bertz CT molecular complexity index is 934. The van der Waals surface area contributed by atoms with Gasteiger partial charge in [-0.05, 0) is 76.2 Å². The summed E-state index contributed by atoms with van der Waals surface area (Å²) in [7, 11) is -3.40. The van der Waals surface area contributed by atoms with Crippen LogP contribution in [0.2, 0.25) is 0 Å². The molecular weight excluding hydrogens is 380 g/mol. The number of carbonyl (C=O) groups is 2. The van der Waals surface area contributed by atoms with Crippen LogP contribution < -0.4 is 15.6 Å². The molecule has 150 valence electrons. The highest BCUT2D eigenvalue weighted by molar-refractivity contribution is 7.92. The maximum atomic E-state index is 12.2. The van der Waals surface area contributed by atoms with E-state index in [9.17, 15) is 18.0 Å². The number of nitrogens with one attached hydrogen (secondary N) is 2. The molecule has 2 rings (SSSR count). The van der Waals surface area contributed by atoms with Gasteiger partial charge >= 0.3 is 0 Å². The first-order valence-corrected chi connectivity index (χ1v) is 10.4. The lowest BCUT2D eigenvalue weighted by Crippen LogP contribution is -2.41. The van der Waals surface area contributed by atoms with Gasteiger partial charge in [-0.3, -0.25) is 20.4 Å². The molecule has 28 heavy (non-hydrogen) atoms. The molecule has 0 aliphatic carbocycles. The molecule has 7 nitrogen and oxygen atoms in total. The monoisotopic (exact) mass is 404 g/mol. The molecule has 0 atom stereocenters. The van der Waals surface area contributed by atoms with Gasteiger partial charge in [0.05, 0.1) is 16.2 Å². The molecule has 0 heterocycles. The molecule has 0 bridgehead atoms. The second-order valence-corrected chi connectivity index (χ2v) is 9.22. The number of hydrogen-bond acceptors (Lipinski definition) is 5. The summed E-state index contributed by atoms with van der Waals surface area (Å²) >= 11 is 0. The molecule has 0 fully saturated rings. The predicted octanol–water partition coefficient (Wildman–Crippen LogP) is 2.73. The Morgan fingerprint density at radius 1 is 0.786 bits per heavy atom. The van der Waals surface area contributed by atoms with E-state index in [-0.39, 0.29) is 16.6 Å². The lowest BCUT2D eigenvalue weighted by molar-refractivity contribution is 0.0846. The molecule has 2 aromatic rings. The van der Waals surface area contributed by atoms with Crippen molar-refractivity contribution in [1.29, 1.82) is 0 Å². The summed E-state index contributed by atoms with van der Waals surface area (Å²) in [5.74, 6) is -0.392. The van der Waals surface area contributed by atoms with Gasteiger partial charge in [-0.15, -0.1) is 0 Å². The third-order valence-electron chi connectivity index (χ3n) is 3.84. The Balaban J connectivity index is 1.97. The van der Waals surface area contributed by atoms with Gasteiger partial charge < -0.3 is 4.74 Å². The third kappa shape index (κ3) is 5.32. The Kier molecular flexibility index (Phi) is 6.80. The number of carbonyl (C=O) groups excluding carboxylic acids is 2. The summed E-state index contributed by atoms with van der Waals surface area (Å²) in [6.07, 6.45) is 0.0286. The summed E-state index contributed by atoms with van der Waals surface area (Å²) in [4.78, 5) is 24.4. The topological polar surface area (TPSA) is 102 Å². The minimum atomic E-state index is -3.40. The number of benzene rings is 2. The number of ether oxygens (including phenoxy) is 1. The van der Waals surface area contributed by atoms with E-state index in [0.29, 0.717) is 11.3 Å². The van der Waals surface area contributed by atoms with Crippen molar-refractivity contribution in [2.75, 3.05) is 0 Å². The van der Waals surface area contributed by atoms with Crippen LogP contribution in [-0.2, 0) is 9.84 Å². The van der Waals surface area contributed by atoms with Gasteiger partial charge in [0.15, 0.2) is 9.84 Å². The lowest BCUT2D eigenvalue weighted by atomic mass is 10.2.